The second kappa shape index (κ2) is 10.4. The fourth-order valence-corrected chi connectivity index (χ4v) is 5.52. The molecule has 162 valence electrons. The van der Waals surface area contributed by atoms with Crippen LogP contribution in [0.3, 0.4) is 0 Å². The van der Waals surface area contributed by atoms with Gasteiger partial charge in [0.05, 0.1) is 11.4 Å². The molecule has 1 saturated heterocycles. The summed E-state index contributed by atoms with van der Waals surface area (Å²) < 4.78 is 0. The summed E-state index contributed by atoms with van der Waals surface area (Å²) in [6.45, 7) is 6.08. The quantitative estimate of drug-likeness (QED) is 0.773. The zero-order valence-electron chi connectivity index (χ0n) is 17.9. The molecular formula is C23H33N5OS. The van der Waals surface area contributed by atoms with Gasteiger partial charge in [0, 0.05) is 49.7 Å². The molecule has 3 aliphatic rings. The Bertz CT molecular complexity index is 816. The molecule has 2 fully saturated rings. The molecule has 0 radical (unpaired) electrons. The van der Waals surface area contributed by atoms with E-state index in [1.54, 1.807) is 11.3 Å². The third-order valence-electron chi connectivity index (χ3n) is 6.29. The van der Waals surface area contributed by atoms with Crippen molar-refractivity contribution >= 4 is 35.5 Å². The minimum atomic E-state index is 0.141. The van der Waals surface area contributed by atoms with Gasteiger partial charge in [-0.3, -0.25) is 4.79 Å². The molecule has 2 N–H and O–H groups in total. The lowest BCUT2D eigenvalue weighted by Crippen LogP contribution is -2.46. The highest BCUT2D eigenvalue weighted by Crippen LogP contribution is 2.28. The van der Waals surface area contributed by atoms with Gasteiger partial charge in [-0.1, -0.05) is 25.3 Å². The number of hydrogen-bond acceptors (Lipinski definition) is 6. The Morgan fingerprint density at radius 2 is 2.07 bits per heavy atom. The third-order valence-corrected chi connectivity index (χ3v) is 7.42. The molecule has 2 aliphatic heterocycles. The van der Waals surface area contributed by atoms with Gasteiger partial charge in [0.15, 0.2) is 0 Å². The van der Waals surface area contributed by atoms with Crippen molar-refractivity contribution in [2.45, 2.75) is 58.0 Å². The lowest BCUT2D eigenvalue weighted by molar-refractivity contribution is 0.0740. The largest absolute Gasteiger partial charge is 0.352 e. The van der Waals surface area contributed by atoms with Crippen molar-refractivity contribution in [2.75, 3.05) is 26.2 Å². The average molecular weight is 428 g/mol. The first kappa shape index (κ1) is 21.2. The van der Waals surface area contributed by atoms with Crippen LogP contribution in [0.1, 0.15) is 65.6 Å². The molecule has 0 spiro atoms. The van der Waals surface area contributed by atoms with Crippen molar-refractivity contribution in [3.63, 3.8) is 0 Å². The number of thiophene rings is 1. The number of hydrogen-bond donors (Lipinski definition) is 2. The molecule has 0 bridgehead atoms. The molecule has 0 aromatic carbocycles. The maximum Gasteiger partial charge on any atom is 0.264 e. The SMILES string of the molecule is C[C@@H](NC1=NCc2cc(C(=O)N3CCNCC3)sc2/C=C\CC=N1)C1CCCCC1. The number of nitrogens with one attached hydrogen (secondary N) is 2. The molecule has 1 aromatic heterocycles. The minimum Gasteiger partial charge on any atom is -0.352 e. The molecule has 0 unspecified atom stereocenters. The number of piperazine rings is 1. The van der Waals surface area contributed by atoms with Crippen LogP contribution in [0.15, 0.2) is 22.1 Å². The van der Waals surface area contributed by atoms with E-state index < -0.39 is 0 Å². The molecule has 1 aliphatic carbocycles. The van der Waals surface area contributed by atoms with Gasteiger partial charge in [-0.2, -0.15) is 0 Å². The van der Waals surface area contributed by atoms with Crippen molar-refractivity contribution in [1.82, 2.24) is 15.5 Å². The Hall–Kier alpha value is -1.99. The summed E-state index contributed by atoms with van der Waals surface area (Å²) in [5.41, 5.74) is 1.11. The number of fused-ring (bicyclic) bond motifs is 1. The molecule has 1 atom stereocenters. The maximum absolute atomic E-state index is 12.9. The summed E-state index contributed by atoms with van der Waals surface area (Å²) >= 11 is 1.58. The van der Waals surface area contributed by atoms with E-state index in [1.165, 1.54) is 32.1 Å². The van der Waals surface area contributed by atoms with E-state index in [-0.39, 0.29) is 5.91 Å². The Balaban J connectivity index is 1.48. The molecule has 3 heterocycles. The number of allylic oxidation sites excluding steroid dienone is 1. The van der Waals surface area contributed by atoms with Gasteiger partial charge >= 0.3 is 0 Å². The molecule has 4 rings (SSSR count). The zero-order chi connectivity index (χ0) is 20.8. The van der Waals surface area contributed by atoms with Crippen molar-refractivity contribution in [3.05, 3.63) is 27.5 Å². The number of aliphatic imine (C=N–C) groups is 2. The minimum absolute atomic E-state index is 0.141. The van der Waals surface area contributed by atoms with Crippen LogP contribution in [0.25, 0.3) is 6.08 Å². The van der Waals surface area contributed by atoms with Crippen LogP contribution < -0.4 is 10.6 Å². The summed E-state index contributed by atoms with van der Waals surface area (Å²) in [7, 11) is 0. The van der Waals surface area contributed by atoms with E-state index >= 15 is 0 Å². The number of nitrogens with zero attached hydrogens (tertiary/aromatic N) is 3. The highest BCUT2D eigenvalue weighted by molar-refractivity contribution is 7.15. The lowest BCUT2D eigenvalue weighted by Gasteiger charge is -2.28. The second-order valence-corrected chi connectivity index (χ2v) is 9.55. The Morgan fingerprint density at radius 3 is 2.87 bits per heavy atom. The van der Waals surface area contributed by atoms with E-state index in [0.717, 1.165) is 53.9 Å². The fourth-order valence-electron chi connectivity index (χ4n) is 4.45. The first-order valence-electron chi connectivity index (χ1n) is 11.3. The highest BCUT2D eigenvalue weighted by Gasteiger charge is 2.22. The van der Waals surface area contributed by atoms with Crippen LogP contribution >= 0.6 is 11.3 Å². The van der Waals surface area contributed by atoms with E-state index in [9.17, 15) is 4.79 Å². The normalized spacial score (nSPS) is 22.7. The van der Waals surface area contributed by atoms with Crippen LogP contribution in [0.5, 0.6) is 0 Å². The van der Waals surface area contributed by atoms with Crippen LogP contribution in [0, 0.1) is 5.92 Å². The van der Waals surface area contributed by atoms with Gasteiger partial charge in [0.25, 0.3) is 5.91 Å². The topological polar surface area (TPSA) is 69.1 Å². The van der Waals surface area contributed by atoms with Gasteiger partial charge in [0.1, 0.15) is 0 Å². The third kappa shape index (κ3) is 5.38. The van der Waals surface area contributed by atoms with Gasteiger partial charge in [-0.05, 0) is 43.4 Å². The number of guanidine groups is 1. The van der Waals surface area contributed by atoms with Crippen molar-refractivity contribution in [3.8, 4) is 0 Å². The molecule has 1 amide bonds. The predicted molar refractivity (Wildman–Crippen MR) is 126 cm³/mol. The number of carbonyl (C=O) groups is 1. The Morgan fingerprint density at radius 1 is 1.27 bits per heavy atom. The van der Waals surface area contributed by atoms with Crippen LogP contribution in [-0.2, 0) is 6.54 Å². The van der Waals surface area contributed by atoms with Crippen LogP contribution in [0.4, 0.5) is 0 Å². The average Bonchev–Trinajstić information content (AvgIpc) is 3.21. The first-order chi connectivity index (χ1) is 14.7. The summed E-state index contributed by atoms with van der Waals surface area (Å²) in [5, 5.41) is 6.87. The Labute approximate surface area is 183 Å². The highest BCUT2D eigenvalue weighted by atomic mass is 32.1. The predicted octanol–water partition coefficient (Wildman–Crippen LogP) is 3.70. The number of carbonyl (C=O) groups excluding carboxylic acids is 1. The molecule has 30 heavy (non-hydrogen) atoms. The maximum atomic E-state index is 12.9. The standard InChI is InChI=1S/C23H33N5OS/c1-17(18-7-3-2-4-8-18)27-23-25-10-6-5-9-20-19(16-26-23)15-21(30-20)22(29)28-13-11-24-12-14-28/h5,9-10,15,17-18,24H,2-4,6-8,11-14,16H2,1H3,(H,26,27)/b9-5-,25-10?/t17-/m1/s1. The summed E-state index contributed by atoms with van der Waals surface area (Å²) in [5.74, 6) is 1.56. The van der Waals surface area contributed by atoms with E-state index in [4.69, 9.17) is 4.99 Å². The van der Waals surface area contributed by atoms with E-state index in [0.29, 0.717) is 18.5 Å². The molecule has 6 nitrogen and oxygen atoms in total. The summed E-state index contributed by atoms with van der Waals surface area (Å²) in [4.78, 5) is 26.2. The van der Waals surface area contributed by atoms with Gasteiger partial charge in [-0.25, -0.2) is 9.98 Å². The van der Waals surface area contributed by atoms with Crippen LogP contribution in [-0.4, -0.2) is 55.2 Å². The molecule has 1 saturated carbocycles. The first-order valence-corrected chi connectivity index (χ1v) is 12.1. The molecule has 1 aromatic rings. The number of amides is 1. The van der Waals surface area contributed by atoms with Gasteiger partial charge in [0.2, 0.25) is 5.96 Å². The van der Waals surface area contributed by atoms with Crippen molar-refractivity contribution in [2.24, 2.45) is 15.9 Å². The van der Waals surface area contributed by atoms with E-state index in [1.807, 2.05) is 17.2 Å². The summed E-state index contributed by atoms with van der Waals surface area (Å²) in [6, 6.07) is 2.41. The molecule has 7 heteroatoms. The fraction of sp³-hybridized carbons (Fsp3) is 0.609. The zero-order valence-corrected chi connectivity index (χ0v) is 18.7. The van der Waals surface area contributed by atoms with Gasteiger partial charge in [-0.15, -0.1) is 11.3 Å². The van der Waals surface area contributed by atoms with Crippen LogP contribution in [0.2, 0.25) is 0 Å². The monoisotopic (exact) mass is 427 g/mol. The molecular weight excluding hydrogens is 394 g/mol. The lowest BCUT2D eigenvalue weighted by atomic mass is 9.84. The summed E-state index contributed by atoms with van der Waals surface area (Å²) in [6.07, 6.45) is 13.5. The van der Waals surface area contributed by atoms with Crippen molar-refractivity contribution in [1.29, 1.82) is 0 Å². The van der Waals surface area contributed by atoms with E-state index in [2.05, 4.69) is 34.7 Å². The van der Waals surface area contributed by atoms with Crippen molar-refractivity contribution < 1.29 is 4.79 Å². The smallest absolute Gasteiger partial charge is 0.264 e. The second-order valence-electron chi connectivity index (χ2n) is 8.46. The van der Waals surface area contributed by atoms with Gasteiger partial charge < -0.3 is 15.5 Å². The number of rotatable bonds is 3. The Kier molecular flexibility index (Phi) is 7.33.